The molecule has 1 fully saturated rings. The molecule has 228 valence electrons. The summed E-state index contributed by atoms with van der Waals surface area (Å²) in [5.74, 6) is -1.88. The van der Waals surface area contributed by atoms with Crippen molar-refractivity contribution in [3.05, 3.63) is 144 Å². The van der Waals surface area contributed by atoms with Gasteiger partial charge in [-0.25, -0.2) is 14.4 Å². The van der Waals surface area contributed by atoms with Crippen molar-refractivity contribution >= 4 is 62.0 Å². The van der Waals surface area contributed by atoms with Gasteiger partial charge in [0.2, 0.25) is 0 Å². The maximum atomic E-state index is 13.5. The lowest BCUT2D eigenvalue weighted by Gasteiger charge is -2.24. The number of hydrogen-bond acceptors (Lipinski definition) is 8. The van der Waals surface area contributed by atoms with E-state index in [1.54, 1.807) is 36.4 Å². The molecular formula is C38H28O7S. The van der Waals surface area contributed by atoms with Crippen LogP contribution in [0.15, 0.2) is 127 Å². The SMILES string of the molecule is O=C(OC[C@H]1SC(O)[C@H](OC(=O)c2ccc3ccccc3c2)[C@H]1OC(=O)c1ccc2ccccc2c1)c1ccc2ccccc2c1. The predicted octanol–water partition coefficient (Wildman–Crippen LogP) is 7.19. The number of thioether (sulfide) groups is 1. The molecule has 0 aromatic heterocycles. The smallest absolute Gasteiger partial charge is 0.338 e. The fourth-order valence-corrected chi connectivity index (χ4v) is 6.92. The Morgan fingerprint density at radius 2 is 0.913 bits per heavy atom. The number of benzene rings is 6. The van der Waals surface area contributed by atoms with Crippen LogP contribution < -0.4 is 0 Å². The zero-order valence-electron chi connectivity index (χ0n) is 24.4. The molecule has 1 saturated heterocycles. The van der Waals surface area contributed by atoms with Crippen molar-refractivity contribution < 1.29 is 33.7 Å². The van der Waals surface area contributed by atoms with Gasteiger partial charge in [-0.1, -0.05) is 91.0 Å². The van der Waals surface area contributed by atoms with Gasteiger partial charge in [0.1, 0.15) is 12.0 Å². The number of hydrogen-bond donors (Lipinski definition) is 1. The summed E-state index contributed by atoms with van der Waals surface area (Å²) in [4.78, 5) is 39.9. The third-order valence-corrected chi connectivity index (χ3v) is 9.41. The fraction of sp³-hybridized carbons (Fsp3) is 0.132. The van der Waals surface area contributed by atoms with Crippen molar-refractivity contribution in [1.82, 2.24) is 0 Å². The number of aliphatic hydroxyl groups is 1. The summed E-state index contributed by atoms with van der Waals surface area (Å²) in [5.41, 5.74) is -0.271. The summed E-state index contributed by atoms with van der Waals surface area (Å²) in [6.07, 6.45) is -2.31. The van der Waals surface area contributed by atoms with Crippen LogP contribution in [-0.4, -0.2) is 52.5 Å². The van der Waals surface area contributed by atoms with E-state index in [1.165, 1.54) is 0 Å². The van der Waals surface area contributed by atoms with Gasteiger partial charge in [0.15, 0.2) is 12.2 Å². The van der Waals surface area contributed by atoms with E-state index in [0.717, 1.165) is 44.1 Å². The average Bonchev–Trinajstić information content (AvgIpc) is 3.38. The molecule has 0 spiro atoms. The molecule has 0 saturated carbocycles. The highest BCUT2D eigenvalue weighted by Gasteiger charge is 2.49. The number of fused-ring (bicyclic) bond motifs is 3. The summed E-state index contributed by atoms with van der Waals surface area (Å²) in [6.45, 7) is -0.187. The maximum absolute atomic E-state index is 13.5. The maximum Gasteiger partial charge on any atom is 0.338 e. The third kappa shape index (κ3) is 6.05. The highest BCUT2D eigenvalue weighted by molar-refractivity contribution is 8.00. The molecule has 4 atom stereocenters. The van der Waals surface area contributed by atoms with Crippen LogP contribution in [0.3, 0.4) is 0 Å². The molecule has 7 nitrogen and oxygen atoms in total. The quantitative estimate of drug-likeness (QED) is 0.147. The molecule has 1 unspecified atom stereocenters. The zero-order chi connectivity index (χ0) is 31.6. The zero-order valence-corrected chi connectivity index (χ0v) is 25.3. The van der Waals surface area contributed by atoms with Crippen molar-refractivity contribution in [2.45, 2.75) is 22.9 Å². The Hall–Kier alpha value is -5.18. The minimum absolute atomic E-state index is 0.187. The van der Waals surface area contributed by atoms with Crippen molar-refractivity contribution in [3.8, 4) is 0 Å². The predicted molar refractivity (Wildman–Crippen MR) is 178 cm³/mol. The summed E-state index contributed by atoms with van der Waals surface area (Å²) in [5, 5.41) is 15.9. The minimum atomic E-state index is -1.23. The second kappa shape index (κ2) is 12.7. The van der Waals surface area contributed by atoms with Crippen LogP contribution in [0.4, 0.5) is 0 Å². The van der Waals surface area contributed by atoms with Gasteiger partial charge in [0, 0.05) is 0 Å². The van der Waals surface area contributed by atoms with Crippen molar-refractivity contribution in [1.29, 1.82) is 0 Å². The van der Waals surface area contributed by atoms with Crippen molar-refractivity contribution in [3.63, 3.8) is 0 Å². The first-order chi connectivity index (χ1) is 22.4. The number of carbonyl (C=O) groups excluding carboxylic acids is 3. The lowest BCUT2D eigenvalue weighted by Crippen LogP contribution is -2.41. The molecule has 8 heteroatoms. The largest absolute Gasteiger partial charge is 0.461 e. The van der Waals surface area contributed by atoms with E-state index in [1.807, 2.05) is 91.0 Å². The Morgan fingerprint density at radius 3 is 1.37 bits per heavy atom. The van der Waals surface area contributed by atoms with Crippen LogP contribution in [-0.2, 0) is 14.2 Å². The Labute approximate surface area is 268 Å². The van der Waals surface area contributed by atoms with Crippen LogP contribution in [0.2, 0.25) is 0 Å². The van der Waals surface area contributed by atoms with Gasteiger partial charge in [0.05, 0.1) is 21.9 Å². The molecule has 1 aliphatic heterocycles. The van der Waals surface area contributed by atoms with E-state index in [9.17, 15) is 19.5 Å². The average molecular weight is 629 g/mol. The van der Waals surface area contributed by atoms with E-state index in [-0.39, 0.29) is 6.61 Å². The lowest BCUT2D eigenvalue weighted by molar-refractivity contribution is -0.0557. The number of aliphatic hydroxyl groups excluding tert-OH is 1. The second-order valence-corrected chi connectivity index (χ2v) is 12.4. The van der Waals surface area contributed by atoms with E-state index in [4.69, 9.17) is 14.2 Å². The fourth-order valence-electron chi connectivity index (χ4n) is 5.68. The molecular weight excluding hydrogens is 600 g/mol. The molecule has 6 aromatic carbocycles. The molecule has 0 radical (unpaired) electrons. The number of carbonyl (C=O) groups is 3. The van der Waals surface area contributed by atoms with Crippen LogP contribution in [0, 0.1) is 0 Å². The molecule has 1 heterocycles. The Balaban J connectivity index is 1.13. The van der Waals surface area contributed by atoms with E-state index < -0.39 is 40.8 Å². The third-order valence-electron chi connectivity index (χ3n) is 8.11. The van der Waals surface area contributed by atoms with E-state index in [2.05, 4.69) is 0 Å². The van der Waals surface area contributed by atoms with Crippen molar-refractivity contribution in [2.24, 2.45) is 0 Å². The molecule has 7 rings (SSSR count). The first-order valence-electron chi connectivity index (χ1n) is 14.8. The van der Waals surface area contributed by atoms with Crippen molar-refractivity contribution in [2.75, 3.05) is 6.61 Å². The van der Waals surface area contributed by atoms with Gasteiger partial charge >= 0.3 is 17.9 Å². The highest BCUT2D eigenvalue weighted by Crippen LogP contribution is 2.38. The molecule has 1 N–H and O–H groups in total. The summed E-state index contributed by atoms with van der Waals surface area (Å²) in [7, 11) is 0. The molecule has 0 amide bonds. The lowest BCUT2D eigenvalue weighted by atomic mass is 10.1. The summed E-state index contributed by atoms with van der Waals surface area (Å²) in [6, 6.07) is 38.6. The molecule has 6 aromatic rings. The van der Waals surface area contributed by atoms with Gasteiger partial charge in [-0.15, -0.1) is 11.8 Å². The molecule has 0 aliphatic carbocycles. The first kappa shape index (κ1) is 29.5. The van der Waals surface area contributed by atoms with Crippen LogP contribution in [0.25, 0.3) is 32.3 Å². The number of esters is 3. The van der Waals surface area contributed by atoms with E-state index in [0.29, 0.717) is 16.7 Å². The molecule has 1 aliphatic rings. The normalized spacial score (nSPS) is 19.2. The van der Waals surface area contributed by atoms with E-state index >= 15 is 0 Å². The van der Waals surface area contributed by atoms with Crippen LogP contribution >= 0.6 is 11.8 Å². The highest BCUT2D eigenvalue weighted by atomic mass is 32.2. The van der Waals surface area contributed by atoms with Gasteiger partial charge in [0.25, 0.3) is 0 Å². The Bertz CT molecular complexity index is 2110. The second-order valence-electron chi connectivity index (χ2n) is 11.1. The van der Waals surface area contributed by atoms with Gasteiger partial charge in [-0.3, -0.25) is 0 Å². The number of rotatable bonds is 7. The monoisotopic (exact) mass is 628 g/mol. The van der Waals surface area contributed by atoms with Crippen LogP contribution in [0.1, 0.15) is 31.1 Å². The van der Waals surface area contributed by atoms with Gasteiger partial charge < -0.3 is 19.3 Å². The summed E-state index contributed by atoms with van der Waals surface area (Å²) >= 11 is 1.02. The Morgan fingerprint density at radius 1 is 0.522 bits per heavy atom. The molecule has 46 heavy (non-hydrogen) atoms. The topological polar surface area (TPSA) is 99.1 Å². The van der Waals surface area contributed by atoms with Crippen LogP contribution in [0.5, 0.6) is 0 Å². The van der Waals surface area contributed by atoms with Gasteiger partial charge in [-0.05, 0) is 68.7 Å². The number of ether oxygens (including phenoxy) is 3. The first-order valence-corrected chi connectivity index (χ1v) is 15.8. The minimum Gasteiger partial charge on any atom is -0.461 e. The summed E-state index contributed by atoms with van der Waals surface area (Å²) < 4.78 is 17.4. The molecule has 0 bridgehead atoms. The van der Waals surface area contributed by atoms with Gasteiger partial charge in [-0.2, -0.15) is 0 Å². The standard InChI is InChI=1S/C38H28O7S/c39-35(29-16-13-23-7-1-4-10-26(23)19-29)43-22-32-33(44-36(40)30-17-14-24-8-2-5-11-27(24)20-30)34(38(42)46-32)45-37(41)31-18-15-25-9-3-6-12-28(25)21-31/h1-21,32-34,38,42H,22H2/t32-,33+,34-,38?/m1/s1. The Kier molecular flexibility index (Phi) is 8.13.